The van der Waals surface area contributed by atoms with Gasteiger partial charge < -0.3 is 19.7 Å². The van der Waals surface area contributed by atoms with Gasteiger partial charge in [0.15, 0.2) is 5.78 Å². The first-order valence-corrected chi connectivity index (χ1v) is 15.3. The van der Waals surface area contributed by atoms with Crippen molar-refractivity contribution in [2.75, 3.05) is 26.2 Å². The van der Waals surface area contributed by atoms with Gasteiger partial charge in [-0.05, 0) is 73.4 Å². The topological polar surface area (TPSA) is 101 Å². The van der Waals surface area contributed by atoms with Crippen molar-refractivity contribution in [3.05, 3.63) is 89.2 Å². The second-order valence-electron chi connectivity index (χ2n) is 11.7. The smallest absolute Gasteiger partial charge is 0.406 e. The van der Waals surface area contributed by atoms with Crippen molar-refractivity contribution >= 4 is 17.6 Å². The summed E-state index contributed by atoms with van der Waals surface area (Å²) in [5.74, 6) is -2.41. The summed E-state index contributed by atoms with van der Waals surface area (Å²) in [6.45, 7) is 1.25. The normalized spacial score (nSPS) is 19.3. The van der Waals surface area contributed by atoms with Crippen molar-refractivity contribution in [1.82, 2.24) is 20.1 Å². The van der Waals surface area contributed by atoms with Gasteiger partial charge in [-0.15, -0.1) is 26.3 Å². The van der Waals surface area contributed by atoms with E-state index in [1.165, 1.54) is 59.6 Å². The van der Waals surface area contributed by atoms with E-state index in [0.717, 1.165) is 12.1 Å². The van der Waals surface area contributed by atoms with Gasteiger partial charge in [-0.25, -0.2) is 4.39 Å². The van der Waals surface area contributed by atoms with E-state index >= 15 is 4.39 Å². The third-order valence-electron chi connectivity index (χ3n) is 8.28. The Kier molecular flexibility index (Phi) is 10.7. The standard InChI is InChI=1S/C33H31F7N4O5/c34-26-19-43(18-20-1-6-24(7-2-20)48-32(35,36)37)14-13-27(26)42-30(46)23-5-10-28(41-17-23)31(47)44-15-11-22(12-16-44)29(45)21-3-8-25(9-4-21)49-33(38,39)40/h1-10,17,22,26-27H,11-16,18-19H2,(H,42,46). The third kappa shape index (κ3) is 9.90. The maximum atomic E-state index is 15.0. The van der Waals surface area contributed by atoms with Crippen LogP contribution < -0.4 is 14.8 Å². The lowest BCUT2D eigenvalue weighted by Gasteiger charge is -2.35. The summed E-state index contributed by atoms with van der Waals surface area (Å²) >= 11 is 0. The first-order valence-electron chi connectivity index (χ1n) is 15.3. The van der Waals surface area contributed by atoms with Gasteiger partial charge in [-0.1, -0.05) is 12.1 Å². The highest BCUT2D eigenvalue weighted by atomic mass is 19.4. The minimum Gasteiger partial charge on any atom is -0.406 e. The van der Waals surface area contributed by atoms with E-state index in [0.29, 0.717) is 37.9 Å². The zero-order chi connectivity index (χ0) is 35.3. The Hall–Kier alpha value is -4.73. The van der Waals surface area contributed by atoms with E-state index < -0.39 is 48.4 Å². The van der Waals surface area contributed by atoms with Crippen LogP contribution in [0.25, 0.3) is 0 Å². The van der Waals surface area contributed by atoms with Crippen LogP contribution in [0.5, 0.6) is 11.5 Å². The maximum absolute atomic E-state index is 15.0. The summed E-state index contributed by atoms with van der Waals surface area (Å²) in [5, 5.41) is 2.66. The summed E-state index contributed by atoms with van der Waals surface area (Å²) in [4.78, 5) is 46.2. The van der Waals surface area contributed by atoms with Crippen molar-refractivity contribution in [1.29, 1.82) is 0 Å². The van der Waals surface area contributed by atoms with E-state index in [2.05, 4.69) is 19.8 Å². The molecule has 3 heterocycles. The molecule has 2 unspecified atom stereocenters. The number of hydrogen-bond acceptors (Lipinski definition) is 7. The molecular formula is C33H31F7N4O5. The molecule has 16 heteroatoms. The third-order valence-corrected chi connectivity index (χ3v) is 8.28. The Morgan fingerprint density at radius 3 is 1.88 bits per heavy atom. The van der Waals surface area contributed by atoms with E-state index in [1.54, 1.807) is 4.90 Å². The number of amides is 2. The highest BCUT2D eigenvalue weighted by molar-refractivity contribution is 5.99. The number of carbonyl (C=O) groups excluding carboxylic acids is 3. The first kappa shape index (κ1) is 35.6. The molecule has 2 atom stereocenters. The number of pyridine rings is 1. The van der Waals surface area contributed by atoms with Gasteiger partial charge in [0.2, 0.25) is 0 Å². The fourth-order valence-electron chi connectivity index (χ4n) is 5.80. The number of carbonyl (C=O) groups is 3. The first-order chi connectivity index (χ1) is 23.1. The van der Waals surface area contributed by atoms with Crippen LogP contribution in [0.1, 0.15) is 56.0 Å². The second kappa shape index (κ2) is 14.8. The quantitative estimate of drug-likeness (QED) is 0.218. The second-order valence-corrected chi connectivity index (χ2v) is 11.7. The molecule has 2 aromatic carbocycles. The number of nitrogens with one attached hydrogen (secondary N) is 1. The Bertz CT molecular complexity index is 1610. The molecule has 0 spiro atoms. The van der Waals surface area contributed by atoms with Crippen molar-refractivity contribution in [3.8, 4) is 11.5 Å². The van der Waals surface area contributed by atoms with Crippen LogP contribution in [0.2, 0.25) is 0 Å². The highest BCUT2D eigenvalue weighted by Gasteiger charge is 2.34. The average Bonchev–Trinajstić information content (AvgIpc) is 3.05. The summed E-state index contributed by atoms with van der Waals surface area (Å²) in [5.41, 5.74) is 1.13. The predicted octanol–water partition coefficient (Wildman–Crippen LogP) is 5.96. The molecule has 2 aliphatic heterocycles. The SMILES string of the molecule is O=C(NC1CCN(Cc2ccc(OC(F)(F)F)cc2)CC1F)c1ccc(C(=O)N2CCC(C(=O)c3ccc(OC(F)(F)F)cc3)CC2)nc1. The minimum atomic E-state index is -4.84. The number of aromatic nitrogens is 1. The number of Topliss-reactive ketones (excluding diaryl/α,β-unsaturated/α-hetero) is 1. The average molecular weight is 697 g/mol. The van der Waals surface area contributed by atoms with Crippen LogP contribution in [0.3, 0.4) is 0 Å². The monoisotopic (exact) mass is 696 g/mol. The van der Waals surface area contributed by atoms with Gasteiger partial charge >= 0.3 is 12.7 Å². The fraction of sp³-hybridized carbons (Fsp3) is 0.394. The highest BCUT2D eigenvalue weighted by Crippen LogP contribution is 2.27. The Morgan fingerprint density at radius 2 is 1.35 bits per heavy atom. The van der Waals surface area contributed by atoms with Gasteiger partial charge in [-0.3, -0.25) is 24.3 Å². The van der Waals surface area contributed by atoms with Gasteiger partial charge in [-0.2, -0.15) is 0 Å². The van der Waals surface area contributed by atoms with Crippen LogP contribution in [0.4, 0.5) is 30.7 Å². The van der Waals surface area contributed by atoms with Crippen molar-refractivity contribution in [2.45, 2.75) is 50.7 Å². The molecule has 9 nitrogen and oxygen atoms in total. The van der Waals surface area contributed by atoms with Crippen molar-refractivity contribution < 1.29 is 54.6 Å². The van der Waals surface area contributed by atoms with Crippen LogP contribution in [-0.4, -0.2) is 83.5 Å². The lowest BCUT2D eigenvalue weighted by atomic mass is 9.88. The van der Waals surface area contributed by atoms with Crippen molar-refractivity contribution in [2.24, 2.45) is 5.92 Å². The number of rotatable bonds is 9. The number of ketones is 1. The van der Waals surface area contributed by atoms with Gasteiger partial charge in [0, 0.05) is 50.4 Å². The van der Waals surface area contributed by atoms with Crippen LogP contribution >= 0.6 is 0 Å². The van der Waals surface area contributed by atoms with Gasteiger partial charge in [0.1, 0.15) is 23.4 Å². The molecule has 0 aliphatic carbocycles. The lowest BCUT2D eigenvalue weighted by Crippen LogP contribution is -2.52. The molecule has 2 aliphatic rings. The molecule has 3 aromatic rings. The molecule has 2 saturated heterocycles. The zero-order valence-electron chi connectivity index (χ0n) is 25.8. The maximum Gasteiger partial charge on any atom is 0.573 e. The van der Waals surface area contributed by atoms with Gasteiger partial charge in [0.05, 0.1) is 11.6 Å². The van der Waals surface area contributed by atoms with E-state index in [-0.39, 0.29) is 48.0 Å². The summed E-state index contributed by atoms with van der Waals surface area (Å²) in [6, 6.07) is 12.0. The number of hydrogen-bond donors (Lipinski definition) is 1. The molecule has 49 heavy (non-hydrogen) atoms. The Morgan fingerprint density at radius 1 is 0.776 bits per heavy atom. The van der Waals surface area contributed by atoms with Crippen LogP contribution in [0.15, 0.2) is 66.9 Å². The largest absolute Gasteiger partial charge is 0.573 e. The molecule has 0 saturated carbocycles. The molecule has 2 amide bonds. The number of piperidine rings is 2. The molecule has 2 fully saturated rings. The summed E-state index contributed by atoms with van der Waals surface area (Å²) in [7, 11) is 0. The van der Waals surface area contributed by atoms with E-state index in [9.17, 15) is 40.7 Å². The molecule has 1 N–H and O–H groups in total. The van der Waals surface area contributed by atoms with E-state index in [4.69, 9.17) is 0 Å². The number of ether oxygens (including phenoxy) is 2. The summed E-state index contributed by atoms with van der Waals surface area (Å²) in [6.07, 6.45) is -8.83. The Labute approximate surface area is 276 Å². The van der Waals surface area contributed by atoms with Gasteiger partial charge in [0.25, 0.3) is 11.8 Å². The minimum absolute atomic E-state index is 0.00290. The molecule has 262 valence electrons. The number of alkyl halides is 7. The van der Waals surface area contributed by atoms with Crippen LogP contribution in [0, 0.1) is 5.92 Å². The lowest BCUT2D eigenvalue weighted by molar-refractivity contribution is -0.275. The predicted molar refractivity (Wildman–Crippen MR) is 159 cm³/mol. The number of nitrogens with zero attached hydrogens (tertiary/aromatic N) is 3. The van der Waals surface area contributed by atoms with Crippen LogP contribution in [-0.2, 0) is 6.54 Å². The number of halogens is 7. The number of likely N-dealkylation sites (tertiary alicyclic amines) is 2. The van der Waals surface area contributed by atoms with E-state index in [1.807, 2.05) is 0 Å². The fourth-order valence-corrected chi connectivity index (χ4v) is 5.80. The Balaban J connectivity index is 1.06. The zero-order valence-corrected chi connectivity index (χ0v) is 25.8. The summed E-state index contributed by atoms with van der Waals surface area (Å²) < 4.78 is 97.0. The molecule has 0 bridgehead atoms. The molecular weight excluding hydrogens is 665 g/mol. The molecule has 5 rings (SSSR count). The molecule has 1 aromatic heterocycles. The molecule has 0 radical (unpaired) electrons. The van der Waals surface area contributed by atoms with Crippen molar-refractivity contribution in [3.63, 3.8) is 0 Å². The number of benzene rings is 2.